The van der Waals surface area contributed by atoms with Crippen LogP contribution in [0.2, 0.25) is 0 Å². The van der Waals surface area contributed by atoms with Gasteiger partial charge in [-0.1, -0.05) is 13.8 Å². The molecule has 3 nitrogen and oxygen atoms in total. The number of piperazine rings is 1. The summed E-state index contributed by atoms with van der Waals surface area (Å²) in [5.74, 6) is 0.974. The lowest BCUT2D eigenvalue weighted by atomic mass is 9.86. The number of rotatable bonds is 3. The summed E-state index contributed by atoms with van der Waals surface area (Å²) in [6.45, 7) is 13.8. The van der Waals surface area contributed by atoms with Crippen LogP contribution in [0, 0.1) is 11.3 Å². The van der Waals surface area contributed by atoms with Crippen molar-refractivity contribution in [3.63, 3.8) is 0 Å². The van der Waals surface area contributed by atoms with E-state index < -0.39 is 0 Å². The Kier molecular flexibility index (Phi) is 6.37. The van der Waals surface area contributed by atoms with Gasteiger partial charge in [0.05, 0.1) is 0 Å². The predicted octanol–water partition coefficient (Wildman–Crippen LogP) is 2.60. The molecule has 0 aromatic heterocycles. The first-order chi connectivity index (χ1) is 9.65. The quantitative estimate of drug-likeness (QED) is 0.863. The molecular formula is C17H34ClN3. The van der Waals surface area contributed by atoms with Gasteiger partial charge in [0.15, 0.2) is 0 Å². The van der Waals surface area contributed by atoms with E-state index in [1.807, 2.05) is 0 Å². The molecule has 1 N–H and O–H groups in total. The minimum absolute atomic E-state index is 0. The van der Waals surface area contributed by atoms with E-state index in [4.69, 9.17) is 0 Å². The molecular weight excluding hydrogens is 282 g/mol. The maximum atomic E-state index is 3.53. The standard InChI is InChI=1S/C17H33N3.ClH/c1-15-3-5-16(6-4-15)20-11-9-19(10-12-20)14-17(2)7-8-18-13-17;/h15-16,18H,3-14H2,1-2H3;1H. The van der Waals surface area contributed by atoms with Crippen LogP contribution in [0.15, 0.2) is 0 Å². The van der Waals surface area contributed by atoms with Crippen LogP contribution in [0.4, 0.5) is 0 Å². The van der Waals surface area contributed by atoms with E-state index in [2.05, 4.69) is 29.0 Å². The lowest BCUT2D eigenvalue weighted by Gasteiger charge is -2.43. The lowest BCUT2D eigenvalue weighted by molar-refractivity contribution is 0.0547. The van der Waals surface area contributed by atoms with Crippen molar-refractivity contribution in [3.05, 3.63) is 0 Å². The number of hydrogen-bond donors (Lipinski definition) is 1. The maximum Gasteiger partial charge on any atom is 0.0113 e. The molecule has 0 aromatic rings. The molecule has 2 heterocycles. The van der Waals surface area contributed by atoms with Crippen LogP contribution in [0.3, 0.4) is 0 Å². The van der Waals surface area contributed by atoms with Gasteiger partial charge in [-0.15, -0.1) is 12.4 Å². The molecule has 0 radical (unpaired) electrons. The number of nitrogens with zero attached hydrogens (tertiary/aromatic N) is 2. The summed E-state index contributed by atoms with van der Waals surface area (Å²) in [6.07, 6.45) is 7.16. The van der Waals surface area contributed by atoms with Crippen molar-refractivity contribution in [2.24, 2.45) is 11.3 Å². The molecule has 4 heteroatoms. The highest BCUT2D eigenvalue weighted by molar-refractivity contribution is 5.85. The SMILES string of the molecule is CC1CCC(N2CCN(CC3(C)CCNC3)CC2)CC1.Cl. The third-order valence-corrected chi connectivity index (χ3v) is 5.97. The zero-order chi connectivity index (χ0) is 14.0. The first-order valence-electron chi connectivity index (χ1n) is 8.82. The summed E-state index contributed by atoms with van der Waals surface area (Å²) in [7, 11) is 0. The normalized spacial score (nSPS) is 39.1. The molecule has 1 unspecified atom stereocenters. The van der Waals surface area contributed by atoms with Crippen molar-refractivity contribution in [1.82, 2.24) is 15.1 Å². The Morgan fingerprint density at radius 2 is 1.71 bits per heavy atom. The summed E-state index contributed by atoms with van der Waals surface area (Å²) in [5, 5.41) is 3.53. The third-order valence-electron chi connectivity index (χ3n) is 5.97. The van der Waals surface area contributed by atoms with Crippen molar-refractivity contribution in [3.8, 4) is 0 Å². The first kappa shape index (κ1) is 17.5. The molecule has 0 bridgehead atoms. The molecule has 0 amide bonds. The fourth-order valence-corrected chi connectivity index (χ4v) is 4.44. The lowest BCUT2D eigenvalue weighted by Crippen LogP contribution is -2.53. The summed E-state index contributed by atoms with van der Waals surface area (Å²) in [5.41, 5.74) is 0.530. The van der Waals surface area contributed by atoms with Crippen LogP contribution in [0.5, 0.6) is 0 Å². The highest BCUT2D eigenvalue weighted by Gasteiger charge is 2.33. The van der Waals surface area contributed by atoms with Gasteiger partial charge in [-0.2, -0.15) is 0 Å². The molecule has 1 saturated carbocycles. The Morgan fingerprint density at radius 3 is 2.29 bits per heavy atom. The summed E-state index contributed by atoms with van der Waals surface area (Å²) >= 11 is 0. The van der Waals surface area contributed by atoms with Gasteiger partial charge in [-0.25, -0.2) is 0 Å². The van der Waals surface area contributed by atoms with Gasteiger partial charge in [-0.05, 0) is 50.0 Å². The summed E-state index contributed by atoms with van der Waals surface area (Å²) in [4.78, 5) is 5.51. The highest BCUT2D eigenvalue weighted by Crippen LogP contribution is 2.29. The van der Waals surface area contributed by atoms with E-state index in [1.165, 1.54) is 77.9 Å². The highest BCUT2D eigenvalue weighted by atomic mass is 35.5. The smallest absolute Gasteiger partial charge is 0.0113 e. The Bertz CT molecular complexity index is 301. The zero-order valence-electron chi connectivity index (χ0n) is 13.9. The van der Waals surface area contributed by atoms with E-state index in [1.54, 1.807) is 0 Å². The summed E-state index contributed by atoms with van der Waals surface area (Å²) in [6, 6.07) is 0.900. The Labute approximate surface area is 137 Å². The van der Waals surface area contributed by atoms with Crippen molar-refractivity contribution < 1.29 is 0 Å². The molecule has 3 rings (SSSR count). The molecule has 124 valence electrons. The van der Waals surface area contributed by atoms with E-state index >= 15 is 0 Å². The van der Waals surface area contributed by atoms with Crippen LogP contribution >= 0.6 is 12.4 Å². The molecule has 2 aliphatic heterocycles. The fraction of sp³-hybridized carbons (Fsp3) is 1.00. The van der Waals surface area contributed by atoms with Crippen LogP contribution < -0.4 is 5.32 Å². The summed E-state index contributed by atoms with van der Waals surface area (Å²) < 4.78 is 0. The first-order valence-corrected chi connectivity index (χ1v) is 8.82. The second kappa shape index (κ2) is 7.63. The molecule has 3 aliphatic rings. The molecule has 0 aromatic carbocycles. The van der Waals surface area contributed by atoms with Gasteiger partial charge in [-0.3, -0.25) is 4.90 Å². The van der Waals surface area contributed by atoms with Crippen LogP contribution in [-0.2, 0) is 0 Å². The average molecular weight is 316 g/mol. The van der Waals surface area contributed by atoms with E-state index in [0.29, 0.717) is 5.41 Å². The van der Waals surface area contributed by atoms with Crippen molar-refractivity contribution in [2.45, 2.75) is 52.0 Å². The van der Waals surface area contributed by atoms with Crippen molar-refractivity contribution in [2.75, 3.05) is 45.8 Å². The van der Waals surface area contributed by atoms with E-state index in [0.717, 1.165) is 12.0 Å². The fourth-order valence-electron chi connectivity index (χ4n) is 4.44. The third kappa shape index (κ3) is 4.57. The van der Waals surface area contributed by atoms with E-state index in [9.17, 15) is 0 Å². The van der Waals surface area contributed by atoms with Crippen molar-refractivity contribution >= 4 is 12.4 Å². The number of nitrogens with one attached hydrogen (secondary N) is 1. The second-order valence-corrected chi connectivity index (χ2v) is 7.96. The van der Waals surface area contributed by atoms with Gasteiger partial charge in [0.25, 0.3) is 0 Å². The predicted molar refractivity (Wildman–Crippen MR) is 92.3 cm³/mol. The van der Waals surface area contributed by atoms with Crippen LogP contribution in [0.1, 0.15) is 46.0 Å². The molecule has 3 fully saturated rings. The van der Waals surface area contributed by atoms with Gasteiger partial charge < -0.3 is 10.2 Å². The van der Waals surface area contributed by atoms with Gasteiger partial charge in [0, 0.05) is 45.3 Å². The Hall–Kier alpha value is 0.170. The number of halogens is 1. The van der Waals surface area contributed by atoms with Gasteiger partial charge >= 0.3 is 0 Å². The Balaban J connectivity index is 0.00000161. The van der Waals surface area contributed by atoms with Gasteiger partial charge in [0.1, 0.15) is 0 Å². The molecule has 21 heavy (non-hydrogen) atoms. The van der Waals surface area contributed by atoms with Gasteiger partial charge in [0.2, 0.25) is 0 Å². The molecule has 2 saturated heterocycles. The monoisotopic (exact) mass is 315 g/mol. The minimum Gasteiger partial charge on any atom is -0.316 e. The van der Waals surface area contributed by atoms with Crippen LogP contribution in [-0.4, -0.2) is 61.7 Å². The average Bonchev–Trinajstić information content (AvgIpc) is 2.87. The number of hydrogen-bond acceptors (Lipinski definition) is 3. The largest absolute Gasteiger partial charge is 0.316 e. The maximum absolute atomic E-state index is 3.53. The second-order valence-electron chi connectivity index (χ2n) is 7.96. The van der Waals surface area contributed by atoms with Crippen molar-refractivity contribution in [1.29, 1.82) is 0 Å². The molecule has 1 atom stereocenters. The molecule has 0 spiro atoms. The zero-order valence-corrected chi connectivity index (χ0v) is 14.8. The Morgan fingerprint density at radius 1 is 1.05 bits per heavy atom. The van der Waals surface area contributed by atoms with Crippen LogP contribution in [0.25, 0.3) is 0 Å². The minimum atomic E-state index is 0. The molecule has 1 aliphatic carbocycles. The van der Waals surface area contributed by atoms with E-state index in [-0.39, 0.29) is 12.4 Å². The topological polar surface area (TPSA) is 18.5 Å².